The molecule has 15 heavy (non-hydrogen) atoms. The van der Waals surface area contributed by atoms with E-state index in [4.69, 9.17) is 10.2 Å². The van der Waals surface area contributed by atoms with Gasteiger partial charge in [-0.3, -0.25) is 0 Å². The van der Waals surface area contributed by atoms with E-state index in [0.29, 0.717) is 0 Å². The van der Waals surface area contributed by atoms with Crippen LogP contribution in [-0.2, 0) is 0 Å². The maximum atomic E-state index is 8.87. The van der Waals surface area contributed by atoms with Gasteiger partial charge < -0.3 is 15.1 Å². The van der Waals surface area contributed by atoms with Crippen LogP contribution in [0.5, 0.6) is 0 Å². The van der Waals surface area contributed by atoms with E-state index in [0.717, 1.165) is 26.1 Å². The van der Waals surface area contributed by atoms with Gasteiger partial charge >= 0.3 is 0 Å². The molecule has 0 saturated carbocycles. The van der Waals surface area contributed by atoms with Gasteiger partial charge in [-0.05, 0) is 19.4 Å². The van der Waals surface area contributed by atoms with Crippen LogP contribution in [0.4, 0.5) is 0 Å². The topological polar surface area (TPSA) is 43.7 Å². The smallest absolute Gasteiger partial charge is 0.0558 e. The Morgan fingerprint density at radius 1 is 0.733 bits per heavy atom. The van der Waals surface area contributed by atoms with Crippen LogP contribution in [0.15, 0.2) is 0 Å². The first-order chi connectivity index (χ1) is 7.35. The van der Waals surface area contributed by atoms with Crippen LogP contribution < -0.4 is 0 Å². The molecule has 0 aliphatic heterocycles. The molecular formula is C12H27NO2. The SMILES string of the molecule is CCCCCCCN(CCO)CCCO. The summed E-state index contributed by atoms with van der Waals surface area (Å²) < 4.78 is 0. The van der Waals surface area contributed by atoms with Gasteiger partial charge in [0.1, 0.15) is 0 Å². The highest BCUT2D eigenvalue weighted by atomic mass is 16.3. The molecule has 0 bridgehead atoms. The molecule has 0 fully saturated rings. The van der Waals surface area contributed by atoms with Crippen LogP contribution in [0.3, 0.4) is 0 Å². The van der Waals surface area contributed by atoms with E-state index in [1.165, 1.54) is 32.1 Å². The fourth-order valence-electron chi connectivity index (χ4n) is 1.71. The average Bonchev–Trinajstić information content (AvgIpc) is 2.25. The third-order valence-electron chi connectivity index (χ3n) is 2.63. The highest BCUT2D eigenvalue weighted by Crippen LogP contribution is 2.04. The lowest BCUT2D eigenvalue weighted by Gasteiger charge is -2.20. The number of aliphatic hydroxyl groups excluding tert-OH is 2. The molecule has 0 saturated heterocycles. The predicted octanol–water partition coefficient (Wildman–Crippen LogP) is 1.63. The average molecular weight is 217 g/mol. The molecule has 0 rings (SSSR count). The molecule has 0 aromatic heterocycles. The molecule has 0 aromatic rings. The zero-order valence-electron chi connectivity index (χ0n) is 10.1. The molecule has 3 nitrogen and oxygen atoms in total. The Bertz CT molecular complexity index is 120. The molecule has 0 atom stereocenters. The minimum atomic E-state index is 0.223. The molecule has 0 spiro atoms. The van der Waals surface area contributed by atoms with Crippen LogP contribution in [0, 0.1) is 0 Å². The predicted molar refractivity (Wildman–Crippen MR) is 64.0 cm³/mol. The summed E-state index contributed by atoms with van der Waals surface area (Å²) in [6, 6.07) is 0. The molecule has 3 heteroatoms. The van der Waals surface area contributed by atoms with Crippen molar-refractivity contribution in [2.45, 2.75) is 45.4 Å². The van der Waals surface area contributed by atoms with Gasteiger partial charge in [-0.2, -0.15) is 0 Å². The van der Waals surface area contributed by atoms with Gasteiger partial charge in [-0.15, -0.1) is 0 Å². The van der Waals surface area contributed by atoms with Gasteiger partial charge in [0.2, 0.25) is 0 Å². The highest BCUT2D eigenvalue weighted by molar-refractivity contribution is 4.57. The minimum absolute atomic E-state index is 0.223. The lowest BCUT2D eigenvalue weighted by molar-refractivity contribution is 0.177. The van der Waals surface area contributed by atoms with Crippen LogP contribution in [0.25, 0.3) is 0 Å². The monoisotopic (exact) mass is 217 g/mol. The molecule has 0 aliphatic rings. The molecule has 0 aliphatic carbocycles. The number of unbranched alkanes of at least 4 members (excludes halogenated alkanes) is 4. The zero-order valence-corrected chi connectivity index (χ0v) is 10.1. The lowest BCUT2D eigenvalue weighted by Crippen LogP contribution is -2.29. The second-order valence-electron chi connectivity index (χ2n) is 4.06. The normalized spacial score (nSPS) is 11.2. The summed E-state index contributed by atoms with van der Waals surface area (Å²) in [4.78, 5) is 2.24. The van der Waals surface area contributed by atoms with Crippen molar-refractivity contribution in [3.63, 3.8) is 0 Å². The van der Waals surface area contributed by atoms with E-state index in [2.05, 4.69) is 11.8 Å². The molecule has 92 valence electrons. The second kappa shape index (κ2) is 12.0. The van der Waals surface area contributed by atoms with E-state index in [1.807, 2.05) is 0 Å². The molecule has 0 heterocycles. The van der Waals surface area contributed by atoms with Crippen molar-refractivity contribution in [1.29, 1.82) is 0 Å². The van der Waals surface area contributed by atoms with E-state index in [1.54, 1.807) is 0 Å². The van der Waals surface area contributed by atoms with Crippen molar-refractivity contribution >= 4 is 0 Å². The summed E-state index contributed by atoms with van der Waals surface area (Å²) in [6.45, 7) is 5.40. The Labute approximate surface area is 94.1 Å². The third-order valence-corrected chi connectivity index (χ3v) is 2.63. The Morgan fingerprint density at radius 3 is 2.00 bits per heavy atom. The van der Waals surface area contributed by atoms with Gasteiger partial charge in [-0.25, -0.2) is 0 Å². The van der Waals surface area contributed by atoms with E-state index >= 15 is 0 Å². The van der Waals surface area contributed by atoms with Crippen molar-refractivity contribution in [3.05, 3.63) is 0 Å². The van der Waals surface area contributed by atoms with Crippen molar-refractivity contribution in [2.75, 3.05) is 32.8 Å². The summed E-state index contributed by atoms with van der Waals surface area (Å²) in [6.07, 6.45) is 7.25. The van der Waals surface area contributed by atoms with Gasteiger partial charge in [-0.1, -0.05) is 32.6 Å². The maximum Gasteiger partial charge on any atom is 0.0558 e. The zero-order chi connectivity index (χ0) is 11.4. The molecule has 0 amide bonds. The fourth-order valence-corrected chi connectivity index (χ4v) is 1.71. The fraction of sp³-hybridized carbons (Fsp3) is 1.00. The van der Waals surface area contributed by atoms with E-state index in [-0.39, 0.29) is 13.2 Å². The van der Waals surface area contributed by atoms with Gasteiger partial charge in [0, 0.05) is 19.7 Å². The van der Waals surface area contributed by atoms with Crippen LogP contribution >= 0.6 is 0 Å². The van der Waals surface area contributed by atoms with Crippen LogP contribution in [0.1, 0.15) is 45.4 Å². The van der Waals surface area contributed by atoms with Crippen molar-refractivity contribution < 1.29 is 10.2 Å². The highest BCUT2D eigenvalue weighted by Gasteiger charge is 2.02. The molecular weight excluding hydrogens is 190 g/mol. The Kier molecular flexibility index (Phi) is 11.9. The van der Waals surface area contributed by atoms with Crippen molar-refractivity contribution in [2.24, 2.45) is 0 Å². The van der Waals surface area contributed by atoms with E-state index in [9.17, 15) is 0 Å². The second-order valence-corrected chi connectivity index (χ2v) is 4.06. The van der Waals surface area contributed by atoms with Gasteiger partial charge in [0.15, 0.2) is 0 Å². The Morgan fingerprint density at radius 2 is 1.40 bits per heavy atom. The Hall–Kier alpha value is -0.120. The summed E-state index contributed by atoms with van der Waals surface area (Å²) in [5.41, 5.74) is 0. The maximum absolute atomic E-state index is 8.87. The molecule has 0 unspecified atom stereocenters. The third kappa shape index (κ3) is 10.2. The number of rotatable bonds is 11. The number of aliphatic hydroxyl groups is 2. The number of hydrogen-bond donors (Lipinski definition) is 2. The number of nitrogens with zero attached hydrogens (tertiary/aromatic N) is 1. The lowest BCUT2D eigenvalue weighted by atomic mass is 10.1. The number of hydrogen-bond acceptors (Lipinski definition) is 3. The van der Waals surface area contributed by atoms with Gasteiger partial charge in [0.05, 0.1) is 6.61 Å². The summed E-state index contributed by atoms with van der Waals surface area (Å²) in [5, 5.41) is 17.6. The summed E-state index contributed by atoms with van der Waals surface area (Å²) in [5.74, 6) is 0. The van der Waals surface area contributed by atoms with E-state index < -0.39 is 0 Å². The van der Waals surface area contributed by atoms with Crippen LogP contribution in [-0.4, -0.2) is 48.0 Å². The largest absolute Gasteiger partial charge is 0.396 e. The Balaban J connectivity index is 3.38. The minimum Gasteiger partial charge on any atom is -0.396 e. The quantitative estimate of drug-likeness (QED) is 0.517. The van der Waals surface area contributed by atoms with Crippen molar-refractivity contribution in [1.82, 2.24) is 4.90 Å². The summed E-state index contributed by atoms with van der Waals surface area (Å²) in [7, 11) is 0. The molecule has 0 radical (unpaired) electrons. The standard InChI is InChI=1S/C12H27NO2/c1-2-3-4-5-6-8-13(10-12-15)9-7-11-14/h14-15H,2-12H2,1H3. The molecule has 2 N–H and O–H groups in total. The molecule has 0 aromatic carbocycles. The van der Waals surface area contributed by atoms with Crippen LogP contribution in [0.2, 0.25) is 0 Å². The first-order valence-corrected chi connectivity index (χ1v) is 6.29. The van der Waals surface area contributed by atoms with Crippen molar-refractivity contribution in [3.8, 4) is 0 Å². The first-order valence-electron chi connectivity index (χ1n) is 6.29. The first kappa shape index (κ1) is 14.9. The summed E-state index contributed by atoms with van der Waals surface area (Å²) >= 11 is 0. The van der Waals surface area contributed by atoms with Gasteiger partial charge in [0.25, 0.3) is 0 Å².